The number of hydrogen-bond donors (Lipinski definition) is 1. The smallest absolute Gasteiger partial charge is 0.328 e. The van der Waals surface area contributed by atoms with Gasteiger partial charge in [-0.1, -0.05) is 42.1 Å². The van der Waals surface area contributed by atoms with Gasteiger partial charge >= 0.3 is 5.97 Å². The average Bonchev–Trinajstić information content (AvgIpc) is 2.60. The highest BCUT2D eigenvalue weighted by Gasteiger charge is 2.22. The predicted octanol–water partition coefficient (Wildman–Crippen LogP) is 1.47. The van der Waals surface area contributed by atoms with Gasteiger partial charge in [0.1, 0.15) is 6.04 Å². The lowest BCUT2D eigenvalue weighted by Gasteiger charge is -2.16. The van der Waals surface area contributed by atoms with Crippen molar-refractivity contribution < 1.29 is 14.3 Å². The predicted molar refractivity (Wildman–Crippen MR) is 86.8 cm³/mol. The number of carbonyl (C=O) groups is 2. The van der Waals surface area contributed by atoms with E-state index in [0.29, 0.717) is 11.6 Å². The van der Waals surface area contributed by atoms with E-state index in [0.717, 1.165) is 5.56 Å². The minimum Gasteiger partial charge on any atom is -0.467 e. The number of hydrogen-bond acceptors (Lipinski definition) is 6. The molecule has 0 fully saturated rings. The quantitative estimate of drug-likeness (QED) is 0.470. The summed E-state index contributed by atoms with van der Waals surface area (Å²) in [6.45, 7) is 0. The zero-order valence-corrected chi connectivity index (χ0v) is 13.5. The maximum atomic E-state index is 12.0. The van der Waals surface area contributed by atoms with Crippen LogP contribution in [0, 0.1) is 0 Å². The lowest BCUT2D eigenvalue weighted by atomic mass is 10.1. The SMILES string of the molecule is COC(=O)[C@H](Cc1ccccc1)NC(=O)CSc1ncccn1. The van der Waals surface area contributed by atoms with Crippen LogP contribution in [0.3, 0.4) is 0 Å². The Labute approximate surface area is 138 Å². The van der Waals surface area contributed by atoms with Gasteiger partial charge in [0.15, 0.2) is 5.16 Å². The fourth-order valence-electron chi connectivity index (χ4n) is 1.91. The van der Waals surface area contributed by atoms with E-state index in [4.69, 9.17) is 4.74 Å². The number of carbonyl (C=O) groups excluding carboxylic acids is 2. The van der Waals surface area contributed by atoms with Crippen LogP contribution in [-0.4, -0.2) is 40.7 Å². The van der Waals surface area contributed by atoms with Crippen molar-refractivity contribution in [2.75, 3.05) is 12.9 Å². The summed E-state index contributed by atoms with van der Waals surface area (Å²) in [4.78, 5) is 32.0. The molecule has 0 spiro atoms. The molecule has 6 nitrogen and oxygen atoms in total. The summed E-state index contributed by atoms with van der Waals surface area (Å²) in [5.41, 5.74) is 0.947. The molecule has 1 aromatic carbocycles. The van der Waals surface area contributed by atoms with Crippen molar-refractivity contribution in [2.45, 2.75) is 17.6 Å². The van der Waals surface area contributed by atoms with Crippen LogP contribution in [-0.2, 0) is 20.7 Å². The van der Waals surface area contributed by atoms with Gasteiger partial charge in [0.2, 0.25) is 5.91 Å². The number of rotatable bonds is 7. The Kier molecular flexibility index (Phi) is 6.56. The second-order valence-corrected chi connectivity index (χ2v) is 5.60. The van der Waals surface area contributed by atoms with Gasteiger partial charge < -0.3 is 10.1 Å². The van der Waals surface area contributed by atoms with Gasteiger partial charge in [-0.2, -0.15) is 0 Å². The molecule has 0 aliphatic carbocycles. The number of amides is 1. The molecule has 0 aliphatic rings. The van der Waals surface area contributed by atoms with Gasteiger partial charge in [0.25, 0.3) is 0 Å². The number of nitrogens with zero attached hydrogens (tertiary/aromatic N) is 2. The molecule has 7 heteroatoms. The largest absolute Gasteiger partial charge is 0.467 e. The number of ether oxygens (including phenoxy) is 1. The molecule has 1 aromatic heterocycles. The third kappa shape index (κ3) is 5.71. The van der Waals surface area contributed by atoms with E-state index in [2.05, 4.69) is 15.3 Å². The number of aromatic nitrogens is 2. The van der Waals surface area contributed by atoms with Crippen LogP contribution in [0.5, 0.6) is 0 Å². The zero-order chi connectivity index (χ0) is 16.5. The molecule has 1 amide bonds. The lowest BCUT2D eigenvalue weighted by Crippen LogP contribution is -2.43. The summed E-state index contributed by atoms with van der Waals surface area (Å²) in [5.74, 6) is -0.608. The second kappa shape index (κ2) is 8.89. The first-order valence-corrected chi connectivity index (χ1v) is 7.98. The maximum Gasteiger partial charge on any atom is 0.328 e. The molecule has 0 unspecified atom stereocenters. The molecule has 1 atom stereocenters. The minimum atomic E-state index is -0.716. The lowest BCUT2D eigenvalue weighted by molar-refractivity contribution is -0.144. The van der Waals surface area contributed by atoms with Gasteiger partial charge in [0, 0.05) is 18.8 Å². The summed E-state index contributed by atoms with van der Waals surface area (Å²) in [7, 11) is 1.30. The molecule has 23 heavy (non-hydrogen) atoms. The van der Waals surface area contributed by atoms with Crippen molar-refractivity contribution in [3.8, 4) is 0 Å². The van der Waals surface area contributed by atoms with E-state index >= 15 is 0 Å². The molecule has 0 bridgehead atoms. The Balaban J connectivity index is 1.91. The zero-order valence-electron chi connectivity index (χ0n) is 12.6. The highest BCUT2D eigenvalue weighted by Crippen LogP contribution is 2.11. The first kappa shape index (κ1) is 17.0. The molecular weight excluding hydrogens is 314 g/mol. The van der Waals surface area contributed by atoms with Crippen molar-refractivity contribution in [2.24, 2.45) is 0 Å². The molecule has 0 saturated heterocycles. The monoisotopic (exact) mass is 331 g/mol. The molecular formula is C16H17N3O3S. The fourth-order valence-corrected chi connectivity index (χ4v) is 2.53. The summed E-state index contributed by atoms with van der Waals surface area (Å²) in [5, 5.41) is 3.21. The molecule has 120 valence electrons. The summed E-state index contributed by atoms with van der Waals surface area (Å²) in [6, 6.07) is 10.4. The molecule has 2 aromatic rings. The molecule has 0 aliphatic heterocycles. The number of methoxy groups -OCH3 is 1. The van der Waals surface area contributed by atoms with Crippen molar-refractivity contribution in [1.29, 1.82) is 0 Å². The summed E-state index contributed by atoms with van der Waals surface area (Å²) < 4.78 is 4.76. The first-order valence-electron chi connectivity index (χ1n) is 7.00. The van der Waals surface area contributed by atoms with Gasteiger partial charge in [0.05, 0.1) is 12.9 Å². The third-order valence-corrected chi connectivity index (χ3v) is 3.85. The van der Waals surface area contributed by atoms with Crippen molar-refractivity contribution in [3.05, 3.63) is 54.4 Å². The van der Waals surface area contributed by atoms with E-state index < -0.39 is 12.0 Å². The topological polar surface area (TPSA) is 81.2 Å². The van der Waals surface area contributed by atoms with Crippen LogP contribution in [0.25, 0.3) is 0 Å². The standard InChI is InChI=1S/C16H17N3O3S/c1-22-15(21)13(10-12-6-3-2-4-7-12)19-14(20)11-23-16-17-8-5-9-18-16/h2-9,13H,10-11H2,1H3,(H,19,20)/t13-/m0/s1. The summed E-state index contributed by atoms with van der Waals surface area (Å²) >= 11 is 1.21. The van der Waals surface area contributed by atoms with E-state index in [9.17, 15) is 9.59 Å². The van der Waals surface area contributed by atoms with Crippen molar-refractivity contribution in [1.82, 2.24) is 15.3 Å². The highest BCUT2D eigenvalue weighted by molar-refractivity contribution is 7.99. The van der Waals surface area contributed by atoms with Crippen molar-refractivity contribution >= 4 is 23.6 Å². The highest BCUT2D eigenvalue weighted by atomic mass is 32.2. The van der Waals surface area contributed by atoms with E-state index in [1.807, 2.05) is 30.3 Å². The molecule has 2 rings (SSSR count). The Hall–Kier alpha value is -2.41. The van der Waals surface area contributed by atoms with Gasteiger partial charge in [-0.25, -0.2) is 14.8 Å². The molecule has 1 N–H and O–H groups in total. The van der Waals surface area contributed by atoms with E-state index in [1.54, 1.807) is 18.5 Å². The first-order chi connectivity index (χ1) is 11.2. The maximum absolute atomic E-state index is 12.0. The molecule has 0 radical (unpaired) electrons. The molecule has 0 saturated carbocycles. The van der Waals surface area contributed by atoms with E-state index in [-0.39, 0.29) is 11.7 Å². The Bertz CT molecular complexity index is 638. The van der Waals surface area contributed by atoms with Crippen LogP contribution in [0.2, 0.25) is 0 Å². The number of benzene rings is 1. The van der Waals surface area contributed by atoms with Crippen LogP contribution in [0.4, 0.5) is 0 Å². The van der Waals surface area contributed by atoms with Gasteiger partial charge in [-0.05, 0) is 11.6 Å². The van der Waals surface area contributed by atoms with E-state index in [1.165, 1.54) is 18.9 Å². The van der Waals surface area contributed by atoms with Crippen LogP contribution >= 0.6 is 11.8 Å². The number of nitrogens with one attached hydrogen (secondary N) is 1. The summed E-state index contributed by atoms with van der Waals surface area (Å²) in [6.07, 6.45) is 3.60. The third-order valence-electron chi connectivity index (χ3n) is 2.98. The second-order valence-electron chi connectivity index (χ2n) is 4.65. The van der Waals surface area contributed by atoms with Crippen LogP contribution in [0.15, 0.2) is 53.9 Å². The number of thioether (sulfide) groups is 1. The van der Waals surface area contributed by atoms with Gasteiger partial charge in [-0.15, -0.1) is 0 Å². The number of esters is 1. The van der Waals surface area contributed by atoms with Gasteiger partial charge in [-0.3, -0.25) is 4.79 Å². The van der Waals surface area contributed by atoms with Crippen LogP contribution < -0.4 is 5.32 Å². The normalized spacial score (nSPS) is 11.5. The Morgan fingerprint density at radius 3 is 2.52 bits per heavy atom. The average molecular weight is 331 g/mol. The fraction of sp³-hybridized carbons (Fsp3) is 0.250. The molecule has 1 heterocycles. The Morgan fingerprint density at radius 1 is 1.17 bits per heavy atom. The van der Waals surface area contributed by atoms with Crippen LogP contribution in [0.1, 0.15) is 5.56 Å². The Morgan fingerprint density at radius 2 is 1.87 bits per heavy atom. The van der Waals surface area contributed by atoms with Crippen molar-refractivity contribution in [3.63, 3.8) is 0 Å². The minimum absolute atomic E-state index is 0.131.